The van der Waals surface area contributed by atoms with E-state index in [4.69, 9.17) is 0 Å². The van der Waals surface area contributed by atoms with Crippen LogP contribution in [0.2, 0.25) is 0 Å². The van der Waals surface area contributed by atoms with Crippen LogP contribution in [0.3, 0.4) is 0 Å². The van der Waals surface area contributed by atoms with Crippen molar-refractivity contribution >= 4 is 40.1 Å². The minimum Gasteiger partial charge on any atom is -0.507 e. The van der Waals surface area contributed by atoms with Gasteiger partial charge in [0, 0.05) is 11.8 Å². The number of phenolic OH excluding ortho intramolecular Hbond substituents is 1. The Morgan fingerprint density at radius 2 is 2.12 bits per heavy atom. The van der Waals surface area contributed by atoms with Crippen molar-refractivity contribution in [3.63, 3.8) is 0 Å². The third kappa shape index (κ3) is 1.80. The van der Waals surface area contributed by atoms with Gasteiger partial charge in [0.25, 0.3) is 0 Å². The van der Waals surface area contributed by atoms with Crippen LogP contribution in [0, 0.1) is 0 Å². The molecule has 0 spiro atoms. The van der Waals surface area contributed by atoms with Crippen molar-refractivity contribution in [2.45, 2.75) is 0 Å². The van der Waals surface area contributed by atoms with Gasteiger partial charge in [-0.25, -0.2) is 4.99 Å². The summed E-state index contributed by atoms with van der Waals surface area (Å²) in [7, 11) is 0. The summed E-state index contributed by atoms with van der Waals surface area (Å²) in [5.41, 5.74) is 2.66. The minimum atomic E-state index is 0.267. The Morgan fingerprint density at radius 3 is 2.94 bits per heavy atom. The molecule has 0 bridgehead atoms. The van der Waals surface area contributed by atoms with Gasteiger partial charge in [0.1, 0.15) is 5.75 Å². The lowest BCUT2D eigenvalue weighted by molar-refractivity contribution is 0.474. The Kier molecular flexibility index (Phi) is 2.54. The van der Waals surface area contributed by atoms with E-state index >= 15 is 0 Å². The zero-order valence-corrected chi connectivity index (χ0v) is 11.0. The van der Waals surface area contributed by atoms with Gasteiger partial charge in [-0.1, -0.05) is 12.1 Å². The van der Waals surface area contributed by atoms with Gasteiger partial charge in [-0.2, -0.15) is 0 Å². The van der Waals surface area contributed by atoms with E-state index in [1.54, 1.807) is 6.07 Å². The molecule has 0 saturated heterocycles. The van der Waals surface area contributed by atoms with Crippen molar-refractivity contribution in [2.75, 3.05) is 11.9 Å². The molecule has 0 saturated carbocycles. The molecule has 0 radical (unpaired) electrons. The smallest absolute Gasteiger partial charge is 0.165 e. The SMILES string of the molecule is Oc1ccccc1C1=Nc2c(ccn2I)NC1. The second-order valence-corrected chi connectivity index (χ2v) is 4.83. The number of rotatable bonds is 1. The van der Waals surface area contributed by atoms with Gasteiger partial charge < -0.3 is 10.4 Å². The topological polar surface area (TPSA) is 49.6 Å². The number of anilines is 1. The van der Waals surface area contributed by atoms with Gasteiger partial charge in [0.2, 0.25) is 0 Å². The maximum absolute atomic E-state index is 9.81. The molecule has 5 heteroatoms. The zero-order chi connectivity index (χ0) is 11.8. The van der Waals surface area contributed by atoms with Crippen LogP contribution < -0.4 is 5.32 Å². The van der Waals surface area contributed by atoms with Crippen molar-refractivity contribution in [1.29, 1.82) is 0 Å². The fraction of sp³-hybridized carbons (Fsp3) is 0.0833. The number of fused-ring (bicyclic) bond motifs is 1. The first-order valence-electron chi connectivity index (χ1n) is 5.23. The lowest BCUT2D eigenvalue weighted by Gasteiger charge is -2.16. The fourth-order valence-electron chi connectivity index (χ4n) is 1.87. The summed E-state index contributed by atoms with van der Waals surface area (Å²) in [4.78, 5) is 4.59. The number of benzene rings is 1. The van der Waals surface area contributed by atoms with Gasteiger partial charge in [-0.15, -0.1) is 0 Å². The Balaban J connectivity index is 2.10. The Hall–Kier alpha value is -1.50. The van der Waals surface area contributed by atoms with Gasteiger partial charge in [0.15, 0.2) is 5.82 Å². The molecule has 2 N–H and O–H groups in total. The van der Waals surface area contributed by atoms with Gasteiger partial charge in [0.05, 0.1) is 40.8 Å². The molecule has 1 aliphatic heterocycles. The molecule has 1 aromatic heterocycles. The highest BCUT2D eigenvalue weighted by atomic mass is 127. The fourth-order valence-corrected chi connectivity index (χ4v) is 2.39. The molecule has 17 heavy (non-hydrogen) atoms. The Labute approximate surface area is 112 Å². The largest absolute Gasteiger partial charge is 0.507 e. The minimum absolute atomic E-state index is 0.267. The van der Waals surface area contributed by atoms with Crippen molar-refractivity contribution in [3.8, 4) is 5.75 Å². The quantitative estimate of drug-likeness (QED) is 0.785. The number of para-hydroxylation sites is 1. The van der Waals surface area contributed by atoms with Gasteiger partial charge in [-0.3, -0.25) is 2.78 Å². The van der Waals surface area contributed by atoms with Crippen molar-refractivity contribution in [1.82, 2.24) is 2.78 Å². The summed E-state index contributed by atoms with van der Waals surface area (Å²) >= 11 is 2.18. The Bertz CT molecular complexity index is 604. The van der Waals surface area contributed by atoms with Crippen LogP contribution in [0.1, 0.15) is 5.56 Å². The first-order chi connectivity index (χ1) is 8.25. The first-order valence-corrected chi connectivity index (χ1v) is 6.19. The predicted octanol–water partition coefficient (Wildman–Crippen LogP) is 2.94. The van der Waals surface area contributed by atoms with Crippen LogP contribution in [-0.2, 0) is 0 Å². The molecular weight excluding hydrogens is 329 g/mol. The number of hydrogen-bond donors (Lipinski definition) is 2. The van der Waals surface area contributed by atoms with Gasteiger partial charge >= 0.3 is 0 Å². The number of aromatic hydroxyl groups is 1. The highest BCUT2D eigenvalue weighted by molar-refractivity contribution is 14.1. The number of phenols is 1. The van der Waals surface area contributed by atoms with E-state index < -0.39 is 0 Å². The molecule has 1 aliphatic rings. The molecule has 3 rings (SSSR count). The molecule has 4 nitrogen and oxygen atoms in total. The number of aromatic nitrogens is 1. The third-order valence-electron chi connectivity index (χ3n) is 2.72. The van der Waals surface area contributed by atoms with Crippen LogP contribution in [0.5, 0.6) is 5.75 Å². The van der Waals surface area contributed by atoms with Gasteiger partial charge in [-0.05, 0) is 18.2 Å². The van der Waals surface area contributed by atoms with Crippen LogP contribution in [-0.4, -0.2) is 20.1 Å². The van der Waals surface area contributed by atoms with Crippen molar-refractivity contribution in [2.24, 2.45) is 4.99 Å². The summed E-state index contributed by atoms with van der Waals surface area (Å²) < 4.78 is 1.93. The molecule has 0 unspecified atom stereocenters. The molecule has 2 heterocycles. The summed E-state index contributed by atoms with van der Waals surface area (Å²) in [6.07, 6.45) is 1.95. The van der Waals surface area contributed by atoms with Crippen molar-refractivity contribution < 1.29 is 5.11 Å². The average molecular weight is 339 g/mol. The van der Waals surface area contributed by atoms with Crippen LogP contribution in [0.25, 0.3) is 0 Å². The molecular formula is C12H10IN3O. The predicted molar refractivity (Wildman–Crippen MR) is 76.6 cm³/mol. The summed E-state index contributed by atoms with van der Waals surface area (Å²) in [5, 5.41) is 13.1. The standard InChI is InChI=1S/C12H10IN3O/c13-16-6-5-9-12(16)15-10(7-14-9)8-3-1-2-4-11(8)17/h1-6,14,17H,7H2. The molecule has 0 amide bonds. The maximum Gasteiger partial charge on any atom is 0.165 e. The van der Waals surface area contributed by atoms with Crippen LogP contribution in [0.4, 0.5) is 11.5 Å². The van der Waals surface area contributed by atoms with E-state index in [9.17, 15) is 5.11 Å². The molecule has 0 atom stereocenters. The molecule has 1 aromatic carbocycles. The number of aliphatic imine (C=N–C) groups is 1. The number of nitrogens with one attached hydrogen (secondary N) is 1. The third-order valence-corrected chi connectivity index (χ3v) is 3.50. The normalized spacial score (nSPS) is 13.8. The lowest BCUT2D eigenvalue weighted by atomic mass is 10.1. The highest BCUT2D eigenvalue weighted by Crippen LogP contribution is 2.32. The lowest BCUT2D eigenvalue weighted by Crippen LogP contribution is -2.18. The number of halogens is 1. The van der Waals surface area contributed by atoms with E-state index in [2.05, 4.69) is 33.2 Å². The number of nitrogens with zero attached hydrogens (tertiary/aromatic N) is 2. The molecule has 2 aromatic rings. The summed E-state index contributed by atoms with van der Waals surface area (Å²) in [5.74, 6) is 1.15. The second-order valence-electron chi connectivity index (χ2n) is 3.79. The monoisotopic (exact) mass is 339 g/mol. The summed E-state index contributed by atoms with van der Waals surface area (Å²) in [6.45, 7) is 0.630. The average Bonchev–Trinajstić information content (AvgIpc) is 2.71. The highest BCUT2D eigenvalue weighted by Gasteiger charge is 2.17. The van der Waals surface area contributed by atoms with Crippen LogP contribution in [0.15, 0.2) is 41.5 Å². The summed E-state index contributed by atoms with van der Waals surface area (Å²) in [6, 6.07) is 9.25. The second kappa shape index (κ2) is 4.06. The van der Waals surface area contributed by atoms with E-state index in [0.717, 1.165) is 22.8 Å². The van der Waals surface area contributed by atoms with Crippen molar-refractivity contribution in [3.05, 3.63) is 42.1 Å². The van der Waals surface area contributed by atoms with E-state index in [1.165, 1.54) is 0 Å². The molecule has 86 valence electrons. The van der Waals surface area contributed by atoms with Crippen LogP contribution >= 0.6 is 22.9 Å². The van der Waals surface area contributed by atoms with E-state index in [0.29, 0.717) is 6.54 Å². The molecule has 0 aliphatic carbocycles. The maximum atomic E-state index is 9.81. The van der Waals surface area contributed by atoms with E-state index in [1.807, 2.05) is 33.2 Å². The zero-order valence-electron chi connectivity index (χ0n) is 8.89. The number of hydrogen-bond acceptors (Lipinski definition) is 3. The molecule has 0 fully saturated rings. The van der Waals surface area contributed by atoms with E-state index in [-0.39, 0.29) is 5.75 Å². The first kappa shape index (κ1) is 10.6. The Morgan fingerprint density at radius 1 is 1.29 bits per heavy atom.